The monoisotopic (exact) mass is 373 g/mol. The number of aromatic amines is 1. The van der Waals surface area contributed by atoms with Gasteiger partial charge in [0.25, 0.3) is 17.0 Å². The lowest BCUT2D eigenvalue weighted by Gasteiger charge is -2.21. The molecule has 0 radical (unpaired) electrons. The zero-order valence-electron chi connectivity index (χ0n) is 15.3. The van der Waals surface area contributed by atoms with Gasteiger partial charge in [-0.1, -0.05) is 19.1 Å². The van der Waals surface area contributed by atoms with Gasteiger partial charge in [-0.05, 0) is 37.3 Å². The van der Waals surface area contributed by atoms with Crippen molar-refractivity contribution in [1.82, 2.24) is 14.7 Å². The molecule has 0 bridgehead atoms. The second-order valence-corrected chi connectivity index (χ2v) is 6.82. The second-order valence-electron chi connectivity index (χ2n) is 6.82. The molecular weight excluding hydrogens is 350 g/mol. The first-order valence-electron chi connectivity index (χ1n) is 9.15. The van der Waals surface area contributed by atoms with Crippen LogP contribution >= 0.6 is 0 Å². The van der Waals surface area contributed by atoms with Gasteiger partial charge in [0.15, 0.2) is 6.61 Å². The number of esters is 1. The highest BCUT2D eigenvalue weighted by molar-refractivity contribution is 5.82. The van der Waals surface area contributed by atoms with E-state index in [1.165, 1.54) is 6.07 Å². The molecule has 0 unspecified atom stereocenters. The van der Waals surface area contributed by atoms with Crippen LogP contribution in [0.2, 0.25) is 0 Å². The molecule has 0 spiro atoms. The lowest BCUT2D eigenvalue weighted by Crippen LogP contribution is -2.38. The van der Waals surface area contributed by atoms with Crippen molar-refractivity contribution in [3.05, 3.63) is 45.0 Å². The third-order valence-electron chi connectivity index (χ3n) is 4.55. The lowest BCUT2D eigenvalue weighted by atomic mass is 10.2. The minimum Gasteiger partial charge on any atom is -0.454 e. The minimum absolute atomic E-state index is 0.226. The van der Waals surface area contributed by atoms with Gasteiger partial charge in [-0.15, -0.1) is 0 Å². The van der Waals surface area contributed by atoms with Gasteiger partial charge in [-0.2, -0.15) is 0 Å². The number of nitrogens with one attached hydrogen (secondary N) is 1. The molecule has 144 valence electrons. The normalized spacial score (nSPS) is 13.5. The summed E-state index contributed by atoms with van der Waals surface area (Å²) in [5.74, 6) is -0.437. The largest absolute Gasteiger partial charge is 0.454 e. The summed E-state index contributed by atoms with van der Waals surface area (Å²) in [5.41, 5.74) is -0.956. The number of aromatic nitrogens is 2. The number of carbonyl (C=O) groups is 2. The molecule has 1 saturated carbocycles. The highest BCUT2D eigenvalue weighted by Gasteiger charge is 2.26. The molecule has 1 aliphatic carbocycles. The van der Waals surface area contributed by atoms with Crippen LogP contribution in [0.25, 0.3) is 10.8 Å². The molecule has 8 heteroatoms. The number of benzene rings is 1. The lowest BCUT2D eigenvalue weighted by molar-refractivity contribution is -0.152. The topological polar surface area (TPSA) is 101 Å². The van der Waals surface area contributed by atoms with Crippen molar-refractivity contribution >= 4 is 22.6 Å². The summed E-state index contributed by atoms with van der Waals surface area (Å²) in [6.07, 6.45) is 3.09. The molecule has 8 nitrogen and oxygen atoms in total. The smallest absolute Gasteiger partial charge is 0.328 e. The molecule has 1 heterocycles. The summed E-state index contributed by atoms with van der Waals surface area (Å²) in [5, 5.41) is 2.85. The summed E-state index contributed by atoms with van der Waals surface area (Å²) in [7, 11) is 0. The van der Waals surface area contributed by atoms with E-state index in [2.05, 4.69) is 5.10 Å². The van der Waals surface area contributed by atoms with Crippen molar-refractivity contribution in [3.8, 4) is 0 Å². The molecule has 0 saturated heterocycles. The molecule has 1 N–H and O–H groups in total. The third-order valence-corrected chi connectivity index (χ3v) is 4.55. The number of ether oxygens (including phenoxy) is 1. The zero-order valence-corrected chi connectivity index (χ0v) is 15.3. The minimum atomic E-state index is -0.751. The van der Waals surface area contributed by atoms with E-state index < -0.39 is 23.6 Å². The molecular formula is C19H23N3O5. The van der Waals surface area contributed by atoms with Crippen LogP contribution in [0.3, 0.4) is 0 Å². The van der Waals surface area contributed by atoms with Crippen LogP contribution in [0, 0.1) is 5.92 Å². The molecule has 3 rings (SSSR count). The Labute approximate surface area is 155 Å². The van der Waals surface area contributed by atoms with Crippen molar-refractivity contribution < 1.29 is 14.3 Å². The summed E-state index contributed by atoms with van der Waals surface area (Å²) < 4.78 is 5.94. The molecule has 0 atom stereocenters. The standard InChI is InChI=1S/C19H23N3O5/c1-2-9-21(10-13-7-8-13)16(23)12-27-17(24)11-22-19(26)15-6-4-3-5-14(15)18(25)20-22/h3-6,13H,2,7-12H2,1H3,(H,20,25). The highest BCUT2D eigenvalue weighted by Crippen LogP contribution is 2.29. The molecule has 1 fully saturated rings. The van der Waals surface area contributed by atoms with E-state index in [1.54, 1.807) is 23.1 Å². The first kappa shape index (κ1) is 18.9. The number of H-pyrrole nitrogens is 1. The average molecular weight is 373 g/mol. The van der Waals surface area contributed by atoms with Crippen LogP contribution in [0.5, 0.6) is 0 Å². The van der Waals surface area contributed by atoms with Crippen LogP contribution in [0.4, 0.5) is 0 Å². The van der Waals surface area contributed by atoms with Crippen molar-refractivity contribution in [3.63, 3.8) is 0 Å². The van der Waals surface area contributed by atoms with Gasteiger partial charge in [-0.25, -0.2) is 4.68 Å². The first-order valence-corrected chi connectivity index (χ1v) is 9.15. The maximum atomic E-state index is 12.4. The van der Waals surface area contributed by atoms with Crippen LogP contribution in [0.1, 0.15) is 26.2 Å². The first-order chi connectivity index (χ1) is 13.0. The van der Waals surface area contributed by atoms with E-state index in [0.717, 1.165) is 23.9 Å². The Balaban J connectivity index is 1.63. The van der Waals surface area contributed by atoms with Gasteiger partial charge in [0.1, 0.15) is 6.54 Å². The number of fused-ring (bicyclic) bond motifs is 1. The fourth-order valence-electron chi connectivity index (χ4n) is 2.97. The van der Waals surface area contributed by atoms with Crippen LogP contribution in [0.15, 0.2) is 33.9 Å². The van der Waals surface area contributed by atoms with Crippen molar-refractivity contribution in [1.29, 1.82) is 0 Å². The molecule has 1 aromatic carbocycles. The molecule has 2 aromatic rings. The van der Waals surface area contributed by atoms with E-state index in [0.29, 0.717) is 19.0 Å². The number of carbonyl (C=O) groups excluding carboxylic acids is 2. The summed E-state index contributed by atoms with van der Waals surface area (Å²) in [4.78, 5) is 50.5. The van der Waals surface area contributed by atoms with E-state index in [4.69, 9.17) is 4.74 Å². The maximum absolute atomic E-state index is 12.4. The van der Waals surface area contributed by atoms with Gasteiger partial charge in [-0.3, -0.25) is 24.3 Å². The van der Waals surface area contributed by atoms with Gasteiger partial charge in [0.05, 0.1) is 10.8 Å². The van der Waals surface area contributed by atoms with Crippen LogP contribution < -0.4 is 11.1 Å². The van der Waals surface area contributed by atoms with E-state index in [-0.39, 0.29) is 23.3 Å². The van der Waals surface area contributed by atoms with E-state index >= 15 is 0 Å². The number of rotatable bonds is 8. The van der Waals surface area contributed by atoms with Gasteiger partial charge < -0.3 is 9.64 Å². The van der Waals surface area contributed by atoms with E-state index in [1.807, 2.05) is 6.92 Å². The molecule has 27 heavy (non-hydrogen) atoms. The van der Waals surface area contributed by atoms with Gasteiger partial charge >= 0.3 is 5.97 Å². The SMILES string of the molecule is CCCN(CC1CC1)C(=O)COC(=O)Cn1[nH]c(=O)c2ccccc2c1=O. The Hall–Kier alpha value is -2.90. The van der Waals surface area contributed by atoms with Crippen LogP contribution in [-0.4, -0.2) is 46.3 Å². The van der Waals surface area contributed by atoms with Gasteiger partial charge in [0, 0.05) is 13.1 Å². The summed E-state index contributed by atoms with van der Waals surface area (Å²) in [6, 6.07) is 6.37. The highest BCUT2D eigenvalue weighted by atomic mass is 16.5. The predicted molar refractivity (Wildman–Crippen MR) is 99.4 cm³/mol. The Morgan fingerprint density at radius 3 is 2.59 bits per heavy atom. The number of hydrogen-bond acceptors (Lipinski definition) is 5. The fraction of sp³-hybridized carbons (Fsp3) is 0.474. The predicted octanol–water partition coefficient (Wildman–Crippen LogP) is 0.882. The molecule has 1 aliphatic rings. The van der Waals surface area contributed by atoms with Crippen LogP contribution in [-0.2, 0) is 20.9 Å². The maximum Gasteiger partial charge on any atom is 0.328 e. The Morgan fingerprint density at radius 2 is 1.93 bits per heavy atom. The number of nitrogens with zero attached hydrogens (tertiary/aromatic N) is 2. The van der Waals surface area contributed by atoms with Crippen molar-refractivity contribution in [2.75, 3.05) is 19.7 Å². The quantitative estimate of drug-likeness (QED) is 0.692. The van der Waals surface area contributed by atoms with Gasteiger partial charge in [0.2, 0.25) is 0 Å². The Bertz CT molecular complexity index is 958. The molecule has 1 amide bonds. The molecule has 0 aliphatic heterocycles. The van der Waals surface area contributed by atoms with Crippen molar-refractivity contribution in [2.45, 2.75) is 32.7 Å². The fourth-order valence-corrected chi connectivity index (χ4v) is 2.97. The molecule has 1 aromatic heterocycles. The second kappa shape index (κ2) is 8.20. The number of amides is 1. The summed E-state index contributed by atoms with van der Waals surface area (Å²) >= 11 is 0. The number of hydrogen-bond donors (Lipinski definition) is 1. The summed E-state index contributed by atoms with van der Waals surface area (Å²) in [6.45, 7) is 2.49. The van der Waals surface area contributed by atoms with Crippen molar-refractivity contribution in [2.24, 2.45) is 5.92 Å². The average Bonchev–Trinajstić information content (AvgIpc) is 3.48. The van der Waals surface area contributed by atoms with E-state index in [9.17, 15) is 19.2 Å². The Morgan fingerprint density at radius 1 is 1.22 bits per heavy atom. The third kappa shape index (κ3) is 4.64. The Kier molecular flexibility index (Phi) is 5.73. The zero-order chi connectivity index (χ0) is 19.4.